The number of hydrogen-bond acceptors (Lipinski definition) is 4. The second-order valence-corrected chi connectivity index (χ2v) is 4.34. The highest BCUT2D eigenvalue weighted by molar-refractivity contribution is 5.59. The third-order valence-corrected chi connectivity index (χ3v) is 2.09. The van der Waals surface area contributed by atoms with Gasteiger partial charge >= 0.3 is 6.16 Å². The van der Waals surface area contributed by atoms with Crippen molar-refractivity contribution in [3.8, 4) is 0 Å². The number of ether oxygens (including phenoxy) is 3. The van der Waals surface area contributed by atoms with Crippen molar-refractivity contribution in [1.82, 2.24) is 0 Å². The van der Waals surface area contributed by atoms with Crippen molar-refractivity contribution in [2.45, 2.75) is 20.5 Å². The molecular formula is C14H20O4. The smallest absolute Gasteiger partial charge is 0.434 e. The van der Waals surface area contributed by atoms with Crippen LogP contribution in [0, 0.1) is 5.92 Å². The first-order valence-corrected chi connectivity index (χ1v) is 6.09. The molecule has 4 nitrogen and oxygen atoms in total. The second kappa shape index (κ2) is 8.53. The lowest BCUT2D eigenvalue weighted by Gasteiger charge is -2.08. The number of benzene rings is 1. The Balaban J connectivity index is 2.00. The van der Waals surface area contributed by atoms with E-state index in [1.807, 2.05) is 44.2 Å². The molecule has 0 fully saturated rings. The Kier molecular flexibility index (Phi) is 6.87. The molecule has 0 bridgehead atoms. The van der Waals surface area contributed by atoms with E-state index in [4.69, 9.17) is 14.2 Å². The Bertz CT molecular complexity index is 335. The largest absolute Gasteiger partial charge is 0.508 e. The standard InChI is InChI=1S/C14H20O4/c1-12(2)10-18-14(15)17-9-8-16-11-13-6-4-3-5-7-13/h3-7,12H,8-11H2,1-2H3. The van der Waals surface area contributed by atoms with Crippen molar-refractivity contribution in [3.05, 3.63) is 35.9 Å². The quantitative estimate of drug-likeness (QED) is 0.552. The molecule has 1 aromatic rings. The SMILES string of the molecule is CC(C)COC(=O)OCCOCc1ccccc1. The van der Waals surface area contributed by atoms with Gasteiger partial charge in [0.25, 0.3) is 0 Å². The van der Waals surface area contributed by atoms with Gasteiger partial charge in [-0.2, -0.15) is 0 Å². The zero-order valence-electron chi connectivity index (χ0n) is 10.9. The van der Waals surface area contributed by atoms with Gasteiger partial charge in [-0.15, -0.1) is 0 Å². The van der Waals surface area contributed by atoms with Gasteiger partial charge in [0.2, 0.25) is 0 Å². The average Bonchev–Trinajstić information content (AvgIpc) is 2.37. The van der Waals surface area contributed by atoms with Crippen LogP contribution in [0.3, 0.4) is 0 Å². The molecule has 4 heteroatoms. The fourth-order valence-electron chi connectivity index (χ4n) is 1.22. The topological polar surface area (TPSA) is 44.8 Å². The minimum Gasteiger partial charge on any atom is -0.434 e. The number of hydrogen-bond donors (Lipinski definition) is 0. The van der Waals surface area contributed by atoms with Gasteiger partial charge in [-0.25, -0.2) is 4.79 Å². The zero-order chi connectivity index (χ0) is 13.2. The van der Waals surface area contributed by atoms with Crippen molar-refractivity contribution >= 4 is 6.16 Å². The highest BCUT2D eigenvalue weighted by Gasteiger charge is 2.04. The number of carbonyl (C=O) groups excluding carboxylic acids is 1. The Morgan fingerprint density at radius 3 is 2.50 bits per heavy atom. The van der Waals surface area contributed by atoms with Crippen molar-refractivity contribution < 1.29 is 19.0 Å². The molecule has 0 spiro atoms. The lowest BCUT2D eigenvalue weighted by atomic mass is 10.2. The van der Waals surface area contributed by atoms with Crippen LogP contribution in [0.5, 0.6) is 0 Å². The normalized spacial score (nSPS) is 10.4. The van der Waals surface area contributed by atoms with Gasteiger partial charge in [0.05, 0.1) is 19.8 Å². The van der Waals surface area contributed by atoms with Gasteiger partial charge in [0.15, 0.2) is 0 Å². The van der Waals surface area contributed by atoms with E-state index < -0.39 is 6.16 Å². The molecule has 0 aliphatic rings. The second-order valence-electron chi connectivity index (χ2n) is 4.34. The lowest BCUT2D eigenvalue weighted by molar-refractivity contribution is 0.0191. The molecule has 0 atom stereocenters. The third-order valence-electron chi connectivity index (χ3n) is 2.09. The summed E-state index contributed by atoms with van der Waals surface area (Å²) in [6.07, 6.45) is -0.632. The Hall–Kier alpha value is -1.55. The van der Waals surface area contributed by atoms with E-state index in [2.05, 4.69) is 0 Å². The van der Waals surface area contributed by atoms with E-state index in [1.165, 1.54) is 0 Å². The van der Waals surface area contributed by atoms with Crippen LogP contribution < -0.4 is 0 Å². The molecule has 100 valence electrons. The van der Waals surface area contributed by atoms with Crippen molar-refractivity contribution in [3.63, 3.8) is 0 Å². The molecule has 0 aliphatic heterocycles. The van der Waals surface area contributed by atoms with Gasteiger partial charge < -0.3 is 14.2 Å². The van der Waals surface area contributed by atoms with Crippen LogP contribution in [0.15, 0.2) is 30.3 Å². The van der Waals surface area contributed by atoms with Gasteiger partial charge in [0.1, 0.15) is 6.61 Å². The van der Waals surface area contributed by atoms with Gasteiger partial charge in [0, 0.05) is 0 Å². The zero-order valence-corrected chi connectivity index (χ0v) is 10.9. The minimum absolute atomic E-state index is 0.212. The summed E-state index contributed by atoms with van der Waals surface area (Å²) in [7, 11) is 0. The van der Waals surface area contributed by atoms with Crippen LogP contribution in [0.4, 0.5) is 4.79 Å². The molecule has 0 amide bonds. The Labute approximate surface area is 108 Å². The summed E-state index contributed by atoms with van der Waals surface area (Å²) in [6.45, 7) is 5.41. The molecule has 0 saturated heterocycles. The first-order chi connectivity index (χ1) is 8.68. The molecular weight excluding hydrogens is 232 g/mol. The van der Waals surface area contributed by atoms with Crippen LogP contribution >= 0.6 is 0 Å². The van der Waals surface area contributed by atoms with Crippen LogP contribution in [0.25, 0.3) is 0 Å². The van der Waals surface area contributed by atoms with E-state index in [0.717, 1.165) is 5.56 Å². The number of carbonyl (C=O) groups is 1. The lowest BCUT2D eigenvalue weighted by Crippen LogP contribution is -2.14. The summed E-state index contributed by atoms with van der Waals surface area (Å²) < 4.78 is 15.1. The maximum atomic E-state index is 11.1. The van der Waals surface area contributed by atoms with Crippen LogP contribution in [0.2, 0.25) is 0 Å². The van der Waals surface area contributed by atoms with Gasteiger partial charge in [-0.3, -0.25) is 0 Å². The maximum absolute atomic E-state index is 11.1. The summed E-state index contributed by atoms with van der Waals surface area (Å²) in [5.41, 5.74) is 1.10. The summed E-state index contributed by atoms with van der Waals surface area (Å²) in [6, 6.07) is 9.84. The van der Waals surface area contributed by atoms with E-state index in [-0.39, 0.29) is 6.61 Å². The Morgan fingerprint density at radius 2 is 1.83 bits per heavy atom. The van der Waals surface area contributed by atoms with Crippen LogP contribution in [-0.4, -0.2) is 26.0 Å². The molecule has 0 saturated carbocycles. The molecule has 1 rings (SSSR count). The van der Waals surface area contributed by atoms with Crippen LogP contribution in [-0.2, 0) is 20.8 Å². The third kappa shape index (κ3) is 6.91. The summed E-state index contributed by atoms with van der Waals surface area (Å²) in [4.78, 5) is 11.1. The van der Waals surface area contributed by atoms with Gasteiger partial charge in [-0.1, -0.05) is 44.2 Å². The highest BCUT2D eigenvalue weighted by Crippen LogP contribution is 2.00. The summed E-state index contributed by atoms with van der Waals surface area (Å²) in [5, 5.41) is 0. The van der Waals surface area contributed by atoms with E-state index in [1.54, 1.807) is 0 Å². The number of rotatable bonds is 7. The van der Waals surface area contributed by atoms with E-state index in [0.29, 0.717) is 25.7 Å². The monoisotopic (exact) mass is 252 g/mol. The predicted molar refractivity (Wildman–Crippen MR) is 68.2 cm³/mol. The van der Waals surface area contributed by atoms with E-state index in [9.17, 15) is 4.79 Å². The fraction of sp³-hybridized carbons (Fsp3) is 0.500. The minimum atomic E-state index is -0.632. The van der Waals surface area contributed by atoms with Crippen molar-refractivity contribution in [1.29, 1.82) is 0 Å². The Morgan fingerprint density at radius 1 is 1.11 bits per heavy atom. The predicted octanol–water partition coefficient (Wildman–Crippen LogP) is 3.01. The van der Waals surface area contributed by atoms with Crippen LogP contribution in [0.1, 0.15) is 19.4 Å². The van der Waals surface area contributed by atoms with Crippen molar-refractivity contribution in [2.24, 2.45) is 5.92 Å². The van der Waals surface area contributed by atoms with Crippen molar-refractivity contribution in [2.75, 3.05) is 19.8 Å². The molecule has 0 N–H and O–H groups in total. The molecule has 0 heterocycles. The first-order valence-electron chi connectivity index (χ1n) is 6.09. The molecule has 0 radical (unpaired) electrons. The molecule has 0 aliphatic carbocycles. The highest BCUT2D eigenvalue weighted by atomic mass is 16.7. The fourth-order valence-corrected chi connectivity index (χ4v) is 1.22. The van der Waals surface area contributed by atoms with Gasteiger partial charge in [-0.05, 0) is 11.5 Å². The molecule has 1 aromatic carbocycles. The maximum Gasteiger partial charge on any atom is 0.508 e. The molecule has 18 heavy (non-hydrogen) atoms. The average molecular weight is 252 g/mol. The summed E-state index contributed by atoms with van der Waals surface area (Å²) >= 11 is 0. The summed E-state index contributed by atoms with van der Waals surface area (Å²) in [5.74, 6) is 0.312. The molecule has 0 unspecified atom stereocenters. The molecule has 0 aromatic heterocycles. The first kappa shape index (κ1) is 14.5. The van der Waals surface area contributed by atoms with E-state index >= 15 is 0 Å².